The Morgan fingerprint density at radius 1 is 1.45 bits per heavy atom. The summed E-state index contributed by atoms with van der Waals surface area (Å²) in [5, 5.41) is 3.69. The Bertz CT molecular complexity index is 695. The number of aryl methyl sites for hydroxylation is 1. The lowest BCUT2D eigenvalue weighted by molar-refractivity contribution is -0.126. The number of nitrogens with one attached hydrogen (secondary N) is 1. The van der Waals surface area contributed by atoms with Gasteiger partial charge in [-0.3, -0.25) is 4.79 Å². The minimum absolute atomic E-state index is 0.00660. The molecular weight excluding hydrogens is 283 g/mol. The van der Waals surface area contributed by atoms with Gasteiger partial charge in [0.25, 0.3) is 0 Å². The van der Waals surface area contributed by atoms with Crippen molar-refractivity contribution in [1.82, 2.24) is 5.32 Å². The normalized spacial score (nSPS) is 21.4. The highest BCUT2D eigenvalue weighted by molar-refractivity contribution is 5.83. The summed E-state index contributed by atoms with van der Waals surface area (Å²) in [6, 6.07) is 4.45. The Morgan fingerprint density at radius 2 is 2.27 bits per heavy atom. The van der Waals surface area contributed by atoms with Crippen molar-refractivity contribution in [3.63, 3.8) is 0 Å². The van der Waals surface area contributed by atoms with E-state index < -0.39 is 0 Å². The number of carbonyl (C=O) groups is 1. The molecule has 0 unspecified atom stereocenters. The van der Waals surface area contributed by atoms with E-state index in [0.717, 1.165) is 30.2 Å². The molecule has 22 heavy (non-hydrogen) atoms. The van der Waals surface area contributed by atoms with Crippen molar-refractivity contribution in [2.24, 2.45) is 17.6 Å². The lowest BCUT2D eigenvalue weighted by Crippen LogP contribution is -2.34. The molecule has 0 bridgehead atoms. The lowest BCUT2D eigenvalue weighted by atomic mass is 9.95. The van der Waals surface area contributed by atoms with E-state index in [1.807, 2.05) is 6.92 Å². The van der Waals surface area contributed by atoms with Crippen LogP contribution >= 0.6 is 0 Å². The summed E-state index contributed by atoms with van der Waals surface area (Å²) in [5.74, 6) is 0.719. The van der Waals surface area contributed by atoms with E-state index in [1.54, 1.807) is 6.07 Å². The Kier molecular flexibility index (Phi) is 4.16. The van der Waals surface area contributed by atoms with E-state index in [9.17, 15) is 9.18 Å². The van der Waals surface area contributed by atoms with Crippen LogP contribution in [0.1, 0.15) is 30.6 Å². The summed E-state index contributed by atoms with van der Waals surface area (Å²) in [4.78, 5) is 12.3. The molecular formula is C17H21FN2O2. The number of hydrogen-bond acceptors (Lipinski definition) is 3. The second-order valence-corrected chi connectivity index (χ2v) is 6.04. The molecule has 0 aliphatic heterocycles. The Hall–Kier alpha value is -1.88. The van der Waals surface area contributed by atoms with Gasteiger partial charge in [-0.2, -0.15) is 0 Å². The molecule has 1 amide bonds. The minimum atomic E-state index is -0.288. The maximum absolute atomic E-state index is 13.3. The molecule has 0 radical (unpaired) electrons. The zero-order valence-corrected chi connectivity index (χ0v) is 12.7. The maximum Gasteiger partial charge on any atom is 0.223 e. The number of carbonyl (C=O) groups excluding carboxylic acids is 1. The third kappa shape index (κ3) is 2.73. The van der Waals surface area contributed by atoms with Crippen molar-refractivity contribution in [2.75, 3.05) is 6.54 Å². The number of rotatable bonds is 4. The van der Waals surface area contributed by atoms with Crippen LogP contribution in [0.15, 0.2) is 22.6 Å². The average Bonchev–Trinajstić information content (AvgIpc) is 3.10. The Morgan fingerprint density at radius 3 is 3.05 bits per heavy atom. The average molecular weight is 304 g/mol. The molecule has 2 atom stereocenters. The van der Waals surface area contributed by atoms with Crippen LogP contribution in [0.3, 0.4) is 0 Å². The van der Waals surface area contributed by atoms with Crippen molar-refractivity contribution in [3.05, 3.63) is 35.3 Å². The van der Waals surface area contributed by atoms with Crippen LogP contribution in [-0.4, -0.2) is 12.5 Å². The molecule has 118 valence electrons. The summed E-state index contributed by atoms with van der Waals surface area (Å²) in [6.07, 6.45) is 2.98. The number of furan rings is 1. The van der Waals surface area contributed by atoms with Crippen LogP contribution in [-0.2, 0) is 11.3 Å². The second kappa shape index (κ2) is 6.08. The third-order valence-corrected chi connectivity index (χ3v) is 4.72. The number of benzene rings is 1. The van der Waals surface area contributed by atoms with Crippen molar-refractivity contribution in [3.8, 4) is 0 Å². The highest BCUT2D eigenvalue weighted by Gasteiger charge is 2.31. The van der Waals surface area contributed by atoms with Gasteiger partial charge in [-0.05, 0) is 50.4 Å². The SMILES string of the molecule is Cc1c(CNC(=O)[C@@H]2CCC[C@@H]2CN)oc2ccc(F)cc12. The number of halogens is 1. The molecule has 1 aliphatic rings. The van der Waals surface area contributed by atoms with Crippen molar-refractivity contribution < 1.29 is 13.6 Å². The fourth-order valence-corrected chi connectivity index (χ4v) is 3.38. The zero-order valence-electron chi connectivity index (χ0n) is 12.7. The topological polar surface area (TPSA) is 68.3 Å². The first-order valence-electron chi connectivity index (χ1n) is 7.75. The largest absolute Gasteiger partial charge is 0.459 e. The third-order valence-electron chi connectivity index (χ3n) is 4.72. The molecule has 1 aromatic carbocycles. The smallest absolute Gasteiger partial charge is 0.223 e. The van der Waals surface area contributed by atoms with Crippen LogP contribution in [0.4, 0.5) is 4.39 Å². The van der Waals surface area contributed by atoms with Gasteiger partial charge in [0, 0.05) is 16.9 Å². The van der Waals surface area contributed by atoms with Crippen LogP contribution < -0.4 is 11.1 Å². The molecule has 1 heterocycles. The van der Waals surface area contributed by atoms with Gasteiger partial charge in [0.1, 0.15) is 17.2 Å². The van der Waals surface area contributed by atoms with E-state index in [0.29, 0.717) is 24.4 Å². The molecule has 3 rings (SSSR count). The standard InChI is InChI=1S/C17H21FN2O2/c1-10-14-7-12(18)5-6-15(14)22-16(10)9-20-17(21)13-4-2-3-11(13)8-19/h5-7,11,13H,2-4,8-9,19H2,1H3,(H,20,21)/t11-,13-/m1/s1. The predicted molar refractivity (Wildman–Crippen MR) is 82.6 cm³/mol. The molecule has 1 aromatic heterocycles. The van der Waals surface area contributed by atoms with E-state index in [4.69, 9.17) is 10.2 Å². The number of fused-ring (bicyclic) bond motifs is 1. The van der Waals surface area contributed by atoms with Gasteiger partial charge in [0.05, 0.1) is 6.54 Å². The molecule has 0 saturated heterocycles. The van der Waals surface area contributed by atoms with Crippen LogP contribution in [0.2, 0.25) is 0 Å². The van der Waals surface area contributed by atoms with E-state index >= 15 is 0 Å². The molecule has 5 heteroatoms. The first-order valence-corrected chi connectivity index (χ1v) is 7.75. The number of amides is 1. The van der Waals surface area contributed by atoms with Gasteiger partial charge in [-0.15, -0.1) is 0 Å². The lowest BCUT2D eigenvalue weighted by Gasteiger charge is -2.17. The monoisotopic (exact) mass is 304 g/mol. The van der Waals surface area contributed by atoms with Gasteiger partial charge in [-0.1, -0.05) is 6.42 Å². The van der Waals surface area contributed by atoms with Crippen LogP contribution in [0.25, 0.3) is 11.0 Å². The predicted octanol–water partition coefficient (Wildman–Crippen LogP) is 2.87. The molecule has 1 fully saturated rings. The summed E-state index contributed by atoms with van der Waals surface area (Å²) in [7, 11) is 0. The molecule has 1 aliphatic carbocycles. The van der Waals surface area contributed by atoms with Gasteiger partial charge in [-0.25, -0.2) is 4.39 Å². The van der Waals surface area contributed by atoms with Crippen molar-refractivity contribution in [2.45, 2.75) is 32.7 Å². The molecule has 3 N–H and O–H groups in total. The minimum Gasteiger partial charge on any atom is -0.459 e. The van der Waals surface area contributed by atoms with Crippen molar-refractivity contribution >= 4 is 16.9 Å². The van der Waals surface area contributed by atoms with E-state index in [-0.39, 0.29) is 23.6 Å². The summed E-state index contributed by atoms with van der Waals surface area (Å²) >= 11 is 0. The van der Waals surface area contributed by atoms with E-state index in [2.05, 4.69) is 5.32 Å². The maximum atomic E-state index is 13.3. The highest BCUT2D eigenvalue weighted by atomic mass is 19.1. The quantitative estimate of drug-likeness (QED) is 0.912. The van der Waals surface area contributed by atoms with Crippen LogP contribution in [0.5, 0.6) is 0 Å². The zero-order chi connectivity index (χ0) is 15.7. The molecule has 0 spiro atoms. The number of hydrogen-bond donors (Lipinski definition) is 2. The fraction of sp³-hybridized carbons (Fsp3) is 0.471. The van der Waals surface area contributed by atoms with Gasteiger partial charge in [0.15, 0.2) is 0 Å². The molecule has 2 aromatic rings. The van der Waals surface area contributed by atoms with Gasteiger partial charge in [0.2, 0.25) is 5.91 Å². The van der Waals surface area contributed by atoms with Gasteiger partial charge < -0.3 is 15.5 Å². The van der Waals surface area contributed by atoms with E-state index in [1.165, 1.54) is 12.1 Å². The van der Waals surface area contributed by atoms with Crippen LogP contribution in [0, 0.1) is 24.6 Å². The van der Waals surface area contributed by atoms with Gasteiger partial charge >= 0.3 is 0 Å². The van der Waals surface area contributed by atoms with Crippen molar-refractivity contribution in [1.29, 1.82) is 0 Å². The first-order chi connectivity index (χ1) is 10.6. The molecule has 4 nitrogen and oxygen atoms in total. The number of nitrogens with two attached hydrogens (primary N) is 1. The second-order valence-electron chi connectivity index (χ2n) is 6.04. The summed E-state index contributed by atoms with van der Waals surface area (Å²) in [5.41, 5.74) is 7.24. The summed E-state index contributed by atoms with van der Waals surface area (Å²) < 4.78 is 19.0. The Balaban J connectivity index is 1.71. The molecule has 1 saturated carbocycles. The highest BCUT2D eigenvalue weighted by Crippen LogP contribution is 2.31. The first kappa shape index (κ1) is 15.0. The summed E-state index contributed by atoms with van der Waals surface area (Å²) in [6.45, 7) is 2.76. The Labute approximate surface area is 128 Å². The fourth-order valence-electron chi connectivity index (χ4n) is 3.38.